The summed E-state index contributed by atoms with van der Waals surface area (Å²) >= 11 is 0. The fraction of sp³-hybridized carbons (Fsp3) is 0.462. The largest absolute Gasteiger partial charge is 0.493 e. The number of rotatable bonds is 5. The minimum atomic E-state index is -0.472. The summed E-state index contributed by atoms with van der Waals surface area (Å²) in [5.41, 5.74) is -0.0735. The van der Waals surface area contributed by atoms with Crippen LogP contribution in [0.25, 0.3) is 0 Å². The second kappa shape index (κ2) is 4.86. The first-order chi connectivity index (χ1) is 8.64. The number of hydrogen-bond acceptors (Lipinski definition) is 5. The highest BCUT2D eigenvalue weighted by atomic mass is 16.5. The third-order valence-corrected chi connectivity index (χ3v) is 3.01. The van der Waals surface area contributed by atoms with Crippen LogP contribution in [-0.4, -0.2) is 37.5 Å². The van der Waals surface area contributed by atoms with Crippen molar-refractivity contribution < 1.29 is 24.1 Å². The monoisotopic (exact) mass is 252 g/mol. The highest BCUT2D eigenvalue weighted by Gasteiger charge is 2.45. The minimum absolute atomic E-state index is 0.0189. The molecular formula is C13H16O5. The van der Waals surface area contributed by atoms with Crippen molar-refractivity contribution in [3.63, 3.8) is 0 Å². The molecule has 1 saturated carbocycles. The van der Waals surface area contributed by atoms with Crippen molar-refractivity contribution in [3.8, 4) is 11.5 Å². The SMILES string of the molecule is COC(=O)c1ccc(OC2(CO)CC2)c(OC)c1. The molecule has 1 aromatic carbocycles. The predicted molar refractivity (Wildman–Crippen MR) is 64.0 cm³/mol. The van der Waals surface area contributed by atoms with Gasteiger partial charge in [-0.2, -0.15) is 0 Å². The lowest BCUT2D eigenvalue weighted by Crippen LogP contribution is -2.23. The van der Waals surface area contributed by atoms with Crippen LogP contribution in [0.5, 0.6) is 11.5 Å². The molecule has 5 heteroatoms. The summed E-state index contributed by atoms with van der Waals surface area (Å²) in [5, 5.41) is 9.22. The molecule has 1 aliphatic carbocycles. The number of carbonyl (C=O) groups is 1. The first kappa shape index (κ1) is 12.7. The van der Waals surface area contributed by atoms with Crippen LogP contribution >= 0.6 is 0 Å². The molecular weight excluding hydrogens is 236 g/mol. The van der Waals surface area contributed by atoms with Gasteiger partial charge >= 0.3 is 5.97 Å². The van der Waals surface area contributed by atoms with E-state index in [2.05, 4.69) is 4.74 Å². The van der Waals surface area contributed by atoms with Crippen molar-refractivity contribution in [1.29, 1.82) is 0 Å². The molecule has 0 spiro atoms. The Balaban J connectivity index is 2.23. The van der Waals surface area contributed by atoms with Crippen LogP contribution in [-0.2, 0) is 4.74 Å². The topological polar surface area (TPSA) is 65.0 Å². The molecule has 0 amide bonds. The standard InChI is InChI=1S/C13H16O5/c1-16-11-7-9(12(15)17-2)3-4-10(11)18-13(8-14)5-6-13/h3-4,7,14H,5-6,8H2,1-2H3. The summed E-state index contributed by atoms with van der Waals surface area (Å²) in [5.74, 6) is 0.553. The van der Waals surface area contributed by atoms with Crippen LogP contribution in [0.1, 0.15) is 23.2 Å². The maximum Gasteiger partial charge on any atom is 0.337 e. The van der Waals surface area contributed by atoms with Crippen LogP contribution in [0.15, 0.2) is 18.2 Å². The van der Waals surface area contributed by atoms with Crippen LogP contribution < -0.4 is 9.47 Å². The summed E-state index contributed by atoms with van der Waals surface area (Å²) in [6.07, 6.45) is 1.65. The molecule has 1 fully saturated rings. The zero-order chi connectivity index (χ0) is 13.2. The van der Waals surface area contributed by atoms with Crippen LogP contribution in [0.3, 0.4) is 0 Å². The Morgan fingerprint density at radius 2 is 2.06 bits per heavy atom. The Morgan fingerprint density at radius 1 is 1.33 bits per heavy atom. The number of hydrogen-bond donors (Lipinski definition) is 1. The van der Waals surface area contributed by atoms with Gasteiger partial charge in [-0.15, -0.1) is 0 Å². The number of aliphatic hydroxyl groups is 1. The first-order valence-electron chi connectivity index (χ1n) is 5.70. The van der Waals surface area contributed by atoms with Gasteiger partial charge in [0, 0.05) is 0 Å². The molecule has 0 bridgehead atoms. The van der Waals surface area contributed by atoms with Gasteiger partial charge in [0.05, 0.1) is 26.4 Å². The molecule has 2 rings (SSSR count). The molecule has 0 atom stereocenters. The Morgan fingerprint density at radius 3 is 2.56 bits per heavy atom. The summed E-state index contributed by atoms with van der Waals surface area (Å²) in [6, 6.07) is 4.83. The van der Waals surface area contributed by atoms with Crippen LogP contribution in [0, 0.1) is 0 Å². The lowest BCUT2D eigenvalue weighted by Gasteiger charge is -2.17. The van der Waals surface area contributed by atoms with E-state index in [1.165, 1.54) is 14.2 Å². The molecule has 5 nitrogen and oxygen atoms in total. The molecule has 18 heavy (non-hydrogen) atoms. The number of aliphatic hydroxyl groups excluding tert-OH is 1. The zero-order valence-corrected chi connectivity index (χ0v) is 10.4. The third-order valence-electron chi connectivity index (χ3n) is 3.01. The second-order valence-corrected chi connectivity index (χ2v) is 4.30. The summed E-state index contributed by atoms with van der Waals surface area (Å²) in [4.78, 5) is 11.4. The number of methoxy groups -OCH3 is 2. The van der Waals surface area contributed by atoms with Crippen molar-refractivity contribution in [2.24, 2.45) is 0 Å². The smallest absolute Gasteiger partial charge is 0.337 e. The van der Waals surface area contributed by atoms with Crippen molar-refractivity contribution in [2.45, 2.75) is 18.4 Å². The number of benzene rings is 1. The van der Waals surface area contributed by atoms with Gasteiger partial charge in [-0.1, -0.05) is 0 Å². The second-order valence-electron chi connectivity index (χ2n) is 4.30. The van der Waals surface area contributed by atoms with Gasteiger partial charge in [0.2, 0.25) is 0 Å². The maximum absolute atomic E-state index is 11.4. The van der Waals surface area contributed by atoms with E-state index in [9.17, 15) is 9.90 Å². The molecule has 0 unspecified atom stereocenters. The summed E-state index contributed by atoms with van der Waals surface area (Å²) in [7, 11) is 2.83. The summed E-state index contributed by atoms with van der Waals surface area (Å²) < 4.78 is 15.5. The van der Waals surface area contributed by atoms with E-state index in [0.29, 0.717) is 17.1 Å². The lowest BCUT2D eigenvalue weighted by atomic mass is 10.2. The van der Waals surface area contributed by atoms with E-state index in [0.717, 1.165) is 12.8 Å². The van der Waals surface area contributed by atoms with Crippen molar-refractivity contribution in [1.82, 2.24) is 0 Å². The zero-order valence-electron chi connectivity index (χ0n) is 10.4. The van der Waals surface area contributed by atoms with Gasteiger partial charge in [0.25, 0.3) is 0 Å². The van der Waals surface area contributed by atoms with E-state index >= 15 is 0 Å². The lowest BCUT2D eigenvalue weighted by molar-refractivity contribution is 0.0599. The van der Waals surface area contributed by atoms with Gasteiger partial charge in [-0.25, -0.2) is 4.79 Å². The Bertz CT molecular complexity index is 451. The fourth-order valence-electron chi connectivity index (χ4n) is 1.66. The average molecular weight is 252 g/mol. The molecule has 1 N–H and O–H groups in total. The third kappa shape index (κ3) is 2.41. The van der Waals surface area contributed by atoms with E-state index < -0.39 is 11.6 Å². The molecule has 1 aromatic rings. The fourth-order valence-corrected chi connectivity index (χ4v) is 1.66. The van der Waals surface area contributed by atoms with Gasteiger partial charge in [0.15, 0.2) is 11.5 Å². The number of ether oxygens (including phenoxy) is 3. The van der Waals surface area contributed by atoms with Crippen molar-refractivity contribution >= 4 is 5.97 Å². The quantitative estimate of drug-likeness (QED) is 0.802. The average Bonchev–Trinajstić information content (AvgIpc) is 3.18. The van der Waals surface area contributed by atoms with Gasteiger partial charge in [0.1, 0.15) is 5.60 Å². The predicted octanol–water partition coefficient (Wildman–Crippen LogP) is 1.39. The molecule has 0 aliphatic heterocycles. The Kier molecular flexibility index (Phi) is 3.43. The first-order valence-corrected chi connectivity index (χ1v) is 5.70. The van der Waals surface area contributed by atoms with E-state index in [-0.39, 0.29) is 6.61 Å². The van der Waals surface area contributed by atoms with Gasteiger partial charge in [-0.3, -0.25) is 0 Å². The molecule has 0 heterocycles. The molecule has 0 aromatic heterocycles. The van der Waals surface area contributed by atoms with E-state index in [1.54, 1.807) is 18.2 Å². The Labute approximate surface area is 105 Å². The maximum atomic E-state index is 11.4. The molecule has 1 aliphatic rings. The van der Waals surface area contributed by atoms with Crippen LogP contribution in [0.4, 0.5) is 0 Å². The molecule has 0 saturated heterocycles. The molecule has 98 valence electrons. The minimum Gasteiger partial charge on any atom is -0.493 e. The van der Waals surface area contributed by atoms with Gasteiger partial charge in [-0.05, 0) is 31.0 Å². The Hall–Kier alpha value is -1.75. The van der Waals surface area contributed by atoms with E-state index in [4.69, 9.17) is 9.47 Å². The van der Waals surface area contributed by atoms with E-state index in [1.807, 2.05) is 0 Å². The number of carbonyl (C=O) groups excluding carboxylic acids is 1. The van der Waals surface area contributed by atoms with Gasteiger partial charge < -0.3 is 19.3 Å². The van der Waals surface area contributed by atoms with Crippen molar-refractivity contribution in [3.05, 3.63) is 23.8 Å². The van der Waals surface area contributed by atoms with Crippen molar-refractivity contribution in [2.75, 3.05) is 20.8 Å². The highest BCUT2D eigenvalue weighted by molar-refractivity contribution is 5.90. The number of esters is 1. The van der Waals surface area contributed by atoms with Crippen LogP contribution in [0.2, 0.25) is 0 Å². The summed E-state index contributed by atoms with van der Waals surface area (Å²) in [6.45, 7) is -0.0189. The normalized spacial score (nSPS) is 15.9. The molecule has 0 radical (unpaired) electrons. The highest BCUT2D eigenvalue weighted by Crippen LogP contribution is 2.42.